The van der Waals surface area contributed by atoms with Crippen molar-refractivity contribution in [3.8, 4) is 10.6 Å². The van der Waals surface area contributed by atoms with Crippen molar-refractivity contribution in [2.24, 2.45) is 0 Å². The summed E-state index contributed by atoms with van der Waals surface area (Å²) < 4.78 is 1.08. The minimum Gasteiger partial charge on any atom is -0.283 e. The number of aromatic nitrogens is 2. The minimum absolute atomic E-state index is 0.0343. The molecule has 0 atom stereocenters. The van der Waals surface area contributed by atoms with Gasteiger partial charge in [-0.05, 0) is 38.0 Å². The maximum atomic E-state index is 13.3. The van der Waals surface area contributed by atoms with Crippen LogP contribution >= 0.6 is 22.7 Å². The van der Waals surface area contributed by atoms with E-state index in [-0.39, 0.29) is 5.91 Å². The van der Waals surface area contributed by atoms with Crippen molar-refractivity contribution in [1.82, 2.24) is 9.97 Å². The third kappa shape index (κ3) is 3.45. The van der Waals surface area contributed by atoms with Gasteiger partial charge >= 0.3 is 0 Å². The standard InChI is InChI=1S/C22H21N3OS2/c1-4-15-10-12-16(13-11-15)20-23-14(3)19(28-20)21(26)25(5-2)22-24-17-8-6-7-9-18(17)27-22/h6-13H,4-5H2,1-3H3. The molecular weight excluding hydrogens is 386 g/mol. The maximum Gasteiger partial charge on any atom is 0.272 e. The molecule has 0 fully saturated rings. The monoisotopic (exact) mass is 407 g/mol. The van der Waals surface area contributed by atoms with Crippen molar-refractivity contribution >= 4 is 43.9 Å². The zero-order valence-corrected chi connectivity index (χ0v) is 17.7. The highest BCUT2D eigenvalue weighted by molar-refractivity contribution is 7.22. The van der Waals surface area contributed by atoms with E-state index in [2.05, 4.69) is 41.2 Å². The lowest BCUT2D eigenvalue weighted by atomic mass is 10.1. The van der Waals surface area contributed by atoms with Gasteiger partial charge in [0.15, 0.2) is 5.13 Å². The number of thiazole rings is 2. The van der Waals surface area contributed by atoms with E-state index in [0.29, 0.717) is 11.4 Å². The molecule has 0 aliphatic rings. The van der Waals surface area contributed by atoms with Crippen LogP contribution in [-0.2, 0) is 6.42 Å². The molecule has 2 aromatic carbocycles. The summed E-state index contributed by atoms with van der Waals surface area (Å²) in [5.41, 5.74) is 4.03. The third-order valence-corrected chi connectivity index (χ3v) is 6.93. The van der Waals surface area contributed by atoms with Crippen LogP contribution in [0.5, 0.6) is 0 Å². The van der Waals surface area contributed by atoms with Crippen LogP contribution in [0.4, 0.5) is 5.13 Å². The van der Waals surface area contributed by atoms with Gasteiger partial charge in [-0.3, -0.25) is 9.69 Å². The number of benzene rings is 2. The van der Waals surface area contributed by atoms with Gasteiger partial charge in [0.2, 0.25) is 0 Å². The average Bonchev–Trinajstić information content (AvgIpc) is 3.32. The Kier molecular flexibility index (Phi) is 5.24. The van der Waals surface area contributed by atoms with Gasteiger partial charge in [-0.2, -0.15) is 0 Å². The summed E-state index contributed by atoms with van der Waals surface area (Å²) in [6.45, 7) is 6.59. The first-order valence-corrected chi connectivity index (χ1v) is 11.0. The predicted molar refractivity (Wildman–Crippen MR) is 119 cm³/mol. The number of hydrogen-bond donors (Lipinski definition) is 0. The van der Waals surface area contributed by atoms with Crippen LogP contribution in [-0.4, -0.2) is 22.4 Å². The SMILES string of the molecule is CCc1ccc(-c2nc(C)c(C(=O)N(CC)c3nc4ccccc4s3)s2)cc1. The lowest BCUT2D eigenvalue weighted by Crippen LogP contribution is -2.30. The van der Waals surface area contributed by atoms with Crippen molar-refractivity contribution in [2.45, 2.75) is 27.2 Å². The lowest BCUT2D eigenvalue weighted by molar-refractivity contribution is 0.0991. The lowest BCUT2D eigenvalue weighted by Gasteiger charge is -2.16. The van der Waals surface area contributed by atoms with Crippen LogP contribution in [0.25, 0.3) is 20.8 Å². The van der Waals surface area contributed by atoms with Crippen molar-refractivity contribution in [3.63, 3.8) is 0 Å². The van der Waals surface area contributed by atoms with Crippen molar-refractivity contribution in [3.05, 3.63) is 64.7 Å². The molecule has 0 saturated carbocycles. The normalized spacial score (nSPS) is 11.1. The molecule has 4 aromatic rings. The molecule has 28 heavy (non-hydrogen) atoms. The number of fused-ring (bicyclic) bond motifs is 1. The van der Waals surface area contributed by atoms with Gasteiger partial charge in [0.1, 0.15) is 9.88 Å². The first-order chi connectivity index (χ1) is 13.6. The average molecular weight is 408 g/mol. The number of para-hydroxylation sites is 1. The van der Waals surface area contributed by atoms with E-state index in [1.165, 1.54) is 16.9 Å². The van der Waals surface area contributed by atoms with E-state index in [4.69, 9.17) is 0 Å². The van der Waals surface area contributed by atoms with Crippen LogP contribution in [0.15, 0.2) is 48.5 Å². The van der Waals surface area contributed by atoms with Gasteiger partial charge in [0.05, 0.1) is 15.9 Å². The molecule has 2 heterocycles. The largest absolute Gasteiger partial charge is 0.283 e. The number of rotatable bonds is 5. The van der Waals surface area contributed by atoms with E-state index in [1.807, 2.05) is 38.1 Å². The van der Waals surface area contributed by atoms with Crippen LogP contribution in [0.2, 0.25) is 0 Å². The molecular formula is C22H21N3OS2. The molecule has 2 aromatic heterocycles. The Bertz CT molecular complexity index is 1100. The second-order valence-corrected chi connectivity index (χ2v) is 8.51. The second-order valence-electron chi connectivity index (χ2n) is 6.50. The zero-order chi connectivity index (χ0) is 19.7. The summed E-state index contributed by atoms with van der Waals surface area (Å²) in [5, 5.41) is 1.61. The number of anilines is 1. The van der Waals surface area contributed by atoms with Crippen molar-refractivity contribution in [2.75, 3.05) is 11.4 Å². The molecule has 0 radical (unpaired) electrons. The molecule has 0 aliphatic carbocycles. The van der Waals surface area contributed by atoms with Crippen molar-refractivity contribution < 1.29 is 4.79 Å². The molecule has 0 unspecified atom stereocenters. The molecule has 0 bridgehead atoms. The second kappa shape index (κ2) is 7.81. The topological polar surface area (TPSA) is 46.1 Å². The summed E-state index contributed by atoms with van der Waals surface area (Å²) in [4.78, 5) is 25.0. The van der Waals surface area contributed by atoms with E-state index in [9.17, 15) is 4.79 Å². The highest BCUT2D eigenvalue weighted by Gasteiger charge is 2.24. The number of hydrogen-bond acceptors (Lipinski definition) is 5. The fourth-order valence-electron chi connectivity index (χ4n) is 3.07. The van der Waals surface area contributed by atoms with Crippen molar-refractivity contribution in [1.29, 1.82) is 0 Å². The Morgan fingerprint density at radius 1 is 1.00 bits per heavy atom. The molecule has 0 N–H and O–H groups in total. The first kappa shape index (κ1) is 18.8. The fraction of sp³-hybridized carbons (Fsp3) is 0.227. The highest BCUT2D eigenvalue weighted by atomic mass is 32.1. The number of aryl methyl sites for hydroxylation is 2. The summed E-state index contributed by atoms with van der Waals surface area (Å²) in [5.74, 6) is -0.0343. The third-order valence-electron chi connectivity index (χ3n) is 4.67. The maximum absolute atomic E-state index is 13.3. The number of carbonyl (C=O) groups excluding carboxylic acids is 1. The Hall–Kier alpha value is -2.57. The molecule has 0 aliphatic heterocycles. The molecule has 0 saturated heterocycles. The Morgan fingerprint density at radius 2 is 1.75 bits per heavy atom. The van der Waals surface area contributed by atoms with E-state index < -0.39 is 0 Å². The highest BCUT2D eigenvalue weighted by Crippen LogP contribution is 2.33. The molecule has 4 nitrogen and oxygen atoms in total. The number of amides is 1. The summed E-state index contributed by atoms with van der Waals surface area (Å²) in [6, 6.07) is 16.4. The number of carbonyl (C=O) groups is 1. The Labute approximate surface area is 172 Å². The van der Waals surface area contributed by atoms with Gasteiger partial charge in [-0.15, -0.1) is 11.3 Å². The van der Waals surface area contributed by atoms with Gasteiger partial charge < -0.3 is 0 Å². The first-order valence-electron chi connectivity index (χ1n) is 9.34. The van der Waals surface area contributed by atoms with Gasteiger partial charge in [-0.25, -0.2) is 9.97 Å². The molecule has 1 amide bonds. The predicted octanol–water partition coefficient (Wildman–Crippen LogP) is 5.96. The van der Waals surface area contributed by atoms with Crippen LogP contribution in [0, 0.1) is 6.92 Å². The van der Waals surface area contributed by atoms with Crippen LogP contribution < -0.4 is 4.90 Å². The molecule has 0 spiro atoms. The summed E-state index contributed by atoms with van der Waals surface area (Å²) in [6.07, 6.45) is 1.01. The van der Waals surface area contributed by atoms with Gasteiger partial charge in [-0.1, -0.05) is 54.7 Å². The van der Waals surface area contributed by atoms with Crippen LogP contribution in [0.3, 0.4) is 0 Å². The van der Waals surface area contributed by atoms with E-state index in [0.717, 1.165) is 38.0 Å². The smallest absolute Gasteiger partial charge is 0.272 e. The van der Waals surface area contributed by atoms with Crippen LogP contribution in [0.1, 0.15) is 34.8 Å². The Balaban J connectivity index is 1.67. The fourth-order valence-corrected chi connectivity index (χ4v) is 5.11. The molecule has 4 rings (SSSR count). The van der Waals surface area contributed by atoms with Gasteiger partial charge in [0.25, 0.3) is 5.91 Å². The minimum atomic E-state index is -0.0343. The molecule has 6 heteroatoms. The molecule has 142 valence electrons. The summed E-state index contributed by atoms with van der Waals surface area (Å²) in [7, 11) is 0. The zero-order valence-electron chi connectivity index (χ0n) is 16.1. The van der Waals surface area contributed by atoms with E-state index in [1.54, 1.807) is 16.2 Å². The van der Waals surface area contributed by atoms with E-state index >= 15 is 0 Å². The van der Waals surface area contributed by atoms with Gasteiger partial charge in [0, 0.05) is 12.1 Å². The number of nitrogens with zero attached hydrogens (tertiary/aromatic N) is 3. The quantitative estimate of drug-likeness (QED) is 0.410. The Morgan fingerprint density at radius 3 is 2.43 bits per heavy atom. The summed E-state index contributed by atoms with van der Waals surface area (Å²) >= 11 is 3.00.